The first-order valence-electron chi connectivity index (χ1n) is 7.17. The number of alkyl halides is 3. The number of benzene rings is 1. The van der Waals surface area contributed by atoms with Gasteiger partial charge in [0.2, 0.25) is 0 Å². The smallest absolute Gasteiger partial charge is 0.384 e. The van der Waals surface area contributed by atoms with Gasteiger partial charge in [0.15, 0.2) is 0 Å². The minimum Gasteiger partial charge on any atom is -0.384 e. The van der Waals surface area contributed by atoms with Crippen LogP contribution in [0, 0.1) is 5.41 Å². The van der Waals surface area contributed by atoms with Gasteiger partial charge < -0.3 is 10.6 Å². The summed E-state index contributed by atoms with van der Waals surface area (Å²) in [5, 5.41) is 7.42. The number of nitrogens with two attached hydrogens (primary N) is 1. The lowest BCUT2D eigenvalue weighted by Gasteiger charge is -2.37. The number of hydrogen-bond acceptors (Lipinski definition) is 2. The number of anilines is 1. The Hall–Kier alpha value is -1.72. The molecule has 116 valence electrons. The predicted molar refractivity (Wildman–Crippen MR) is 77.7 cm³/mol. The number of nitrogens with zero attached hydrogens (tertiary/aromatic N) is 1. The average molecular weight is 299 g/mol. The van der Waals surface area contributed by atoms with E-state index in [0.29, 0.717) is 6.04 Å². The second kappa shape index (κ2) is 5.95. The third-order valence-corrected chi connectivity index (χ3v) is 4.03. The van der Waals surface area contributed by atoms with Crippen molar-refractivity contribution in [3.63, 3.8) is 0 Å². The fraction of sp³-hybridized carbons (Fsp3) is 0.533. The van der Waals surface area contributed by atoms with E-state index < -0.39 is 17.6 Å². The van der Waals surface area contributed by atoms with E-state index in [2.05, 4.69) is 11.8 Å². The van der Waals surface area contributed by atoms with Crippen LogP contribution >= 0.6 is 0 Å². The molecule has 1 aromatic carbocycles. The molecule has 3 nitrogen and oxygen atoms in total. The fourth-order valence-electron chi connectivity index (χ4n) is 2.95. The topological polar surface area (TPSA) is 53.1 Å². The zero-order chi connectivity index (χ0) is 15.6. The van der Waals surface area contributed by atoms with Gasteiger partial charge in [-0.25, -0.2) is 0 Å². The summed E-state index contributed by atoms with van der Waals surface area (Å²) in [7, 11) is 0. The van der Waals surface area contributed by atoms with E-state index in [1.165, 1.54) is 12.1 Å². The summed E-state index contributed by atoms with van der Waals surface area (Å²) in [6, 6.07) is 4.27. The van der Waals surface area contributed by atoms with Crippen LogP contribution < -0.4 is 10.6 Å². The van der Waals surface area contributed by atoms with E-state index in [1.54, 1.807) is 0 Å². The van der Waals surface area contributed by atoms with E-state index in [4.69, 9.17) is 11.1 Å². The third kappa shape index (κ3) is 3.31. The maximum atomic E-state index is 13.0. The Kier molecular flexibility index (Phi) is 4.44. The molecule has 0 spiro atoms. The lowest BCUT2D eigenvalue weighted by molar-refractivity contribution is -0.137. The minimum atomic E-state index is -4.49. The monoisotopic (exact) mass is 299 g/mol. The first kappa shape index (κ1) is 15.7. The molecular formula is C15H20F3N3. The Bertz CT molecular complexity index is 525. The molecule has 0 aromatic heterocycles. The first-order chi connectivity index (χ1) is 9.84. The summed E-state index contributed by atoms with van der Waals surface area (Å²) in [5.41, 5.74) is 4.98. The van der Waals surface area contributed by atoms with Gasteiger partial charge in [-0.2, -0.15) is 13.2 Å². The molecule has 0 amide bonds. The van der Waals surface area contributed by atoms with Gasteiger partial charge >= 0.3 is 6.18 Å². The van der Waals surface area contributed by atoms with Crippen molar-refractivity contribution in [1.82, 2.24) is 0 Å². The SMILES string of the molecule is CCC1CCCCN1c1ccc(C(F)(F)F)c(C(=N)N)c1. The van der Waals surface area contributed by atoms with Crippen LogP contribution in [0.25, 0.3) is 0 Å². The molecule has 21 heavy (non-hydrogen) atoms. The van der Waals surface area contributed by atoms with Gasteiger partial charge in [0.1, 0.15) is 5.84 Å². The third-order valence-electron chi connectivity index (χ3n) is 4.03. The first-order valence-corrected chi connectivity index (χ1v) is 7.17. The van der Waals surface area contributed by atoms with Gasteiger partial charge in [0.05, 0.1) is 5.56 Å². The molecule has 0 aliphatic carbocycles. The summed E-state index contributed by atoms with van der Waals surface area (Å²) in [6.07, 6.45) is -0.308. The van der Waals surface area contributed by atoms with Crippen LogP contribution in [-0.4, -0.2) is 18.4 Å². The van der Waals surface area contributed by atoms with Crippen LogP contribution in [0.15, 0.2) is 18.2 Å². The van der Waals surface area contributed by atoms with Crippen molar-refractivity contribution in [1.29, 1.82) is 5.41 Å². The Morgan fingerprint density at radius 1 is 1.38 bits per heavy atom. The fourth-order valence-corrected chi connectivity index (χ4v) is 2.95. The molecule has 0 radical (unpaired) electrons. The molecule has 1 saturated heterocycles. The Morgan fingerprint density at radius 3 is 2.67 bits per heavy atom. The van der Waals surface area contributed by atoms with Gasteiger partial charge in [0.25, 0.3) is 0 Å². The van der Waals surface area contributed by atoms with Gasteiger partial charge in [-0.1, -0.05) is 6.92 Å². The van der Waals surface area contributed by atoms with E-state index in [9.17, 15) is 13.2 Å². The van der Waals surface area contributed by atoms with E-state index in [1.807, 2.05) is 0 Å². The van der Waals surface area contributed by atoms with Crippen molar-refractivity contribution >= 4 is 11.5 Å². The van der Waals surface area contributed by atoms with Crippen LogP contribution in [-0.2, 0) is 6.18 Å². The highest BCUT2D eigenvalue weighted by atomic mass is 19.4. The second-order valence-electron chi connectivity index (χ2n) is 5.39. The number of amidine groups is 1. The Labute approximate surface area is 122 Å². The lowest BCUT2D eigenvalue weighted by Crippen LogP contribution is -2.39. The number of piperidine rings is 1. The lowest BCUT2D eigenvalue weighted by atomic mass is 9.97. The Morgan fingerprint density at radius 2 is 2.10 bits per heavy atom. The van der Waals surface area contributed by atoms with E-state index in [-0.39, 0.29) is 5.56 Å². The maximum Gasteiger partial charge on any atom is 0.417 e. The summed E-state index contributed by atoms with van der Waals surface area (Å²) >= 11 is 0. The normalized spacial score (nSPS) is 19.6. The van der Waals surface area contributed by atoms with Crippen molar-refractivity contribution < 1.29 is 13.2 Å². The maximum absolute atomic E-state index is 13.0. The van der Waals surface area contributed by atoms with Crippen molar-refractivity contribution in [3.8, 4) is 0 Å². The van der Waals surface area contributed by atoms with Crippen molar-refractivity contribution in [2.24, 2.45) is 5.73 Å². The van der Waals surface area contributed by atoms with Crippen LogP contribution in [0.4, 0.5) is 18.9 Å². The highest BCUT2D eigenvalue weighted by molar-refractivity contribution is 5.97. The van der Waals surface area contributed by atoms with Gasteiger partial charge in [0, 0.05) is 23.8 Å². The molecule has 1 atom stereocenters. The number of rotatable bonds is 3. The molecule has 1 heterocycles. The highest BCUT2D eigenvalue weighted by Crippen LogP contribution is 2.35. The summed E-state index contributed by atoms with van der Waals surface area (Å²) in [4.78, 5) is 2.14. The molecule has 0 saturated carbocycles. The molecular weight excluding hydrogens is 279 g/mol. The number of nitrogen functional groups attached to an aromatic ring is 1. The molecule has 1 unspecified atom stereocenters. The van der Waals surface area contributed by atoms with Gasteiger partial charge in [-0.05, 0) is 43.9 Å². The highest BCUT2D eigenvalue weighted by Gasteiger charge is 2.34. The molecule has 1 aliphatic rings. The standard InChI is InChI=1S/C15H20F3N3/c1-2-10-5-3-4-8-21(10)11-6-7-13(15(16,17)18)12(9-11)14(19)20/h6-7,9-10H,2-5,8H2,1H3,(H3,19,20). The van der Waals surface area contributed by atoms with Gasteiger partial charge in [-0.15, -0.1) is 0 Å². The van der Waals surface area contributed by atoms with Crippen molar-refractivity contribution in [3.05, 3.63) is 29.3 Å². The summed E-state index contributed by atoms with van der Waals surface area (Å²) in [5.74, 6) is -0.547. The molecule has 2 rings (SSSR count). The van der Waals surface area contributed by atoms with Crippen molar-refractivity contribution in [2.45, 2.75) is 44.8 Å². The van der Waals surface area contributed by atoms with Crippen molar-refractivity contribution in [2.75, 3.05) is 11.4 Å². The average Bonchev–Trinajstić information content (AvgIpc) is 2.45. The van der Waals surface area contributed by atoms with E-state index in [0.717, 1.165) is 44.0 Å². The summed E-state index contributed by atoms with van der Waals surface area (Å²) < 4.78 is 38.9. The number of nitrogens with one attached hydrogen (secondary N) is 1. The van der Waals surface area contributed by atoms with Gasteiger partial charge in [-0.3, -0.25) is 5.41 Å². The molecule has 6 heteroatoms. The quantitative estimate of drug-likeness (QED) is 0.659. The second-order valence-corrected chi connectivity index (χ2v) is 5.39. The largest absolute Gasteiger partial charge is 0.417 e. The molecule has 1 aliphatic heterocycles. The van der Waals surface area contributed by atoms with Crippen LogP contribution in [0.3, 0.4) is 0 Å². The number of hydrogen-bond donors (Lipinski definition) is 2. The molecule has 1 aromatic rings. The molecule has 1 fully saturated rings. The predicted octanol–water partition coefficient (Wildman–Crippen LogP) is 3.76. The minimum absolute atomic E-state index is 0.236. The van der Waals surface area contributed by atoms with E-state index >= 15 is 0 Å². The Balaban J connectivity index is 2.42. The zero-order valence-electron chi connectivity index (χ0n) is 12.0. The van der Waals surface area contributed by atoms with Crippen LogP contribution in [0.1, 0.15) is 43.7 Å². The van der Waals surface area contributed by atoms with Crippen LogP contribution in [0.5, 0.6) is 0 Å². The summed E-state index contributed by atoms with van der Waals surface area (Å²) in [6.45, 7) is 2.92. The zero-order valence-corrected chi connectivity index (χ0v) is 12.0. The number of halogens is 3. The molecule has 0 bridgehead atoms. The molecule has 3 N–H and O–H groups in total. The van der Waals surface area contributed by atoms with Crippen LogP contribution in [0.2, 0.25) is 0 Å².